The Morgan fingerprint density at radius 1 is 1.03 bits per heavy atom. The number of carbonyl (C=O) groups is 1. The van der Waals surface area contributed by atoms with Crippen LogP contribution in [0.1, 0.15) is 16.7 Å². The zero-order chi connectivity index (χ0) is 22.7. The number of rotatable bonds is 6. The summed E-state index contributed by atoms with van der Waals surface area (Å²) in [7, 11) is 0. The van der Waals surface area contributed by atoms with Crippen LogP contribution >= 0.6 is 11.6 Å². The van der Waals surface area contributed by atoms with Crippen molar-refractivity contribution in [2.24, 2.45) is 10.2 Å². The monoisotopic (exact) mass is 447 g/mol. The average Bonchev–Trinajstić information content (AvgIpc) is 3.05. The first-order valence-corrected chi connectivity index (χ1v) is 10.5. The van der Waals surface area contributed by atoms with Crippen molar-refractivity contribution < 1.29 is 14.6 Å². The Kier molecular flexibility index (Phi) is 6.23. The van der Waals surface area contributed by atoms with Crippen molar-refractivity contribution in [3.8, 4) is 11.6 Å². The van der Waals surface area contributed by atoms with Crippen molar-refractivity contribution in [3.63, 3.8) is 0 Å². The van der Waals surface area contributed by atoms with Crippen LogP contribution in [0.25, 0.3) is 10.9 Å². The van der Waals surface area contributed by atoms with Crippen LogP contribution < -0.4 is 4.74 Å². The lowest BCUT2D eigenvalue weighted by Gasteiger charge is -2.08. The molecule has 0 fully saturated rings. The third-order valence-electron chi connectivity index (χ3n) is 5.31. The van der Waals surface area contributed by atoms with Gasteiger partial charge in [0.05, 0.1) is 12.1 Å². The van der Waals surface area contributed by atoms with E-state index in [-0.39, 0.29) is 18.2 Å². The van der Waals surface area contributed by atoms with Gasteiger partial charge in [-0.25, -0.2) is 0 Å². The van der Waals surface area contributed by atoms with Gasteiger partial charge in [0, 0.05) is 10.4 Å². The van der Waals surface area contributed by atoms with E-state index in [1.54, 1.807) is 16.7 Å². The summed E-state index contributed by atoms with van der Waals surface area (Å²) in [4.78, 5) is 12.2. The molecule has 0 saturated carbocycles. The van der Waals surface area contributed by atoms with Crippen molar-refractivity contribution in [2.75, 3.05) is 6.61 Å². The summed E-state index contributed by atoms with van der Waals surface area (Å²) in [6, 6.07) is 20.4. The van der Waals surface area contributed by atoms with Crippen LogP contribution in [-0.4, -0.2) is 22.2 Å². The second-order valence-corrected chi connectivity index (χ2v) is 7.90. The summed E-state index contributed by atoms with van der Waals surface area (Å²) in [5.41, 5.74) is 4.07. The van der Waals surface area contributed by atoms with E-state index in [9.17, 15) is 9.90 Å². The summed E-state index contributed by atoms with van der Waals surface area (Å²) < 4.78 is 7.22. The van der Waals surface area contributed by atoms with E-state index in [1.165, 1.54) is 0 Å². The maximum atomic E-state index is 12.2. The molecule has 1 aromatic heterocycles. The lowest BCUT2D eigenvalue weighted by atomic mass is 10.1. The van der Waals surface area contributed by atoms with Gasteiger partial charge in [-0.1, -0.05) is 54.1 Å². The normalized spacial score (nSPS) is 11.3. The lowest BCUT2D eigenvalue weighted by molar-refractivity contribution is -0.120. The third-order valence-corrected chi connectivity index (χ3v) is 5.67. The molecule has 6 nitrogen and oxygen atoms in total. The average molecular weight is 448 g/mol. The number of nitrogens with zero attached hydrogens (tertiary/aromatic N) is 3. The van der Waals surface area contributed by atoms with Gasteiger partial charge in [0.25, 0.3) is 0 Å². The lowest BCUT2D eigenvalue weighted by Crippen LogP contribution is -2.08. The number of benzene rings is 3. The smallest absolute Gasteiger partial charge is 0.302 e. The minimum Gasteiger partial charge on any atom is -0.493 e. The number of amides is 1. The van der Waals surface area contributed by atoms with E-state index in [2.05, 4.69) is 10.2 Å². The van der Waals surface area contributed by atoms with Crippen LogP contribution in [0, 0.1) is 13.8 Å². The maximum Gasteiger partial charge on any atom is 0.302 e. The first-order chi connectivity index (χ1) is 15.4. The zero-order valence-electron chi connectivity index (χ0n) is 17.7. The van der Waals surface area contributed by atoms with Crippen LogP contribution in [0.15, 0.2) is 77.0 Å². The van der Waals surface area contributed by atoms with Gasteiger partial charge in [-0.2, -0.15) is 0 Å². The SMILES string of the molecule is Cc1ccc(OCC(=O)N=Nc2c(O)n(Cc3ccccc3Cl)c3ccccc23)cc1C. The van der Waals surface area contributed by atoms with Gasteiger partial charge in [0.1, 0.15) is 5.75 Å². The first-order valence-electron chi connectivity index (χ1n) is 10.1. The predicted octanol–water partition coefficient (Wildman–Crippen LogP) is 6.35. The fraction of sp³-hybridized carbons (Fsp3) is 0.160. The van der Waals surface area contributed by atoms with Crippen molar-refractivity contribution in [1.82, 2.24) is 4.57 Å². The van der Waals surface area contributed by atoms with Gasteiger partial charge in [-0.05, 0) is 54.8 Å². The molecule has 0 bridgehead atoms. The molecule has 0 aliphatic heterocycles. The maximum absolute atomic E-state index is 12.2. The largest absolute Gasteiger partial charge is 0.493 e. The number of fused-ring (bicyclic) bond motifs is 1. The van der Waals surface area contributed by atoms with Crippen molar-refractivity contribution in [2.45, 2.75) is 20.4 Å². The molecule has 0 aliphatic carbocycles. The Balaban J connectivity index is 1.56. The molecule has 1 N–H and O–H groups in total. The minimum absolute atomic E-state index is 0.0854. The van der Waals surface area contributed by atoms with Crippen LogP contribution in [-0.2, 0) is 11.3 Å². The van der Waals surface area contributed by atoms with Crippen LogP contribution in [0.2, 0.25) is 5.02 Å². The highest BCUT2D eigenvalue weighted by Gasteiger charge is 2.17. The molecule has 0 spiro atoms. The molecule has 0 saturated heterocycles. The van der Waals surface area contributed by atoms with Gasteiger partial charge in [0.15, 0.2) is 12.3 Å². The Bertz CT molecular complexity index is 1330. The van der Waals surface area contributed by atoms with Crippen molar-refractivity contribution in [3.05, 3.63) is 88.4 Å². The second kappa shape index (κ2) is 9.24. The summed E-state index contributed by atoms with van der Waals surface area (Å²) in [6.07, 6.45) is 0. The highest BCUT2D eigenvalue weighted by molar-refractivity contribution is 6.31. The number of hydrogen-bond donors (Lipinski definition) is 1. The zero-order valence-corrected chi connectivity index (χ0v) is 18.5. The molecule has 1 amide bonds. The van der Waals surface area contributed by atoms with E-state index in [1.807, 2.05) is 68.4 Å². The highest BCUT2D eigenvalue weighted by Crippen LogP contribution is 2.39. The molecule has 0 aliphatic rings. The van der Waals surface area contributed by atoms with E-state index in [4.69, 9.17) is 16.3 Å². The van der Waals surface area contributed by atoms with Gasteiger partial charge in [0.2, 0.25) is 5.88 Å². The number of hydrogen-bond acceptors (Lipinski definition) is 4. The summed E-state index contributed by atoms with van der Waals surface area (Å²) >= 11 is 6.30. The molecule has 0 atom stereocenters. The van der Waals surface area contributed by atoms with Gasteiger partial charge in [-0.15, -0.1) is 10.2 Å². The number of para-hydroxylation sites is 1. The van der Waals surface area contributed by atoms with Crippen LogP contribution in [0.3, 0.4) is 0 Å². The molecule has 32 heavy (non-hydrogen) atoms. The number of azo groups is 1. The van der Waals surface area contributed by atoms with Gasteiger partial charge >= 0.3 is 5.91 Å². The van der Waals surface area contributed by atoms with E-state index in [0.717, 1.165) is 22.2 Å². The molecule has 4 aromatic rings. The van der Waals surface area contributed by atoms with Gasteiger partial charge in [-0.3, -0.25) is 4.79 Å². The van der Waals surface area contributed by atoms with Crippen molar-refractivity contribution in [1.29, 1.82) is 0 Å². The number of carbonyl (C=O) groups excluding carboxylic acids is 1. The van der Waals surface area contributed by atoms with Crippen LogP contribution in [0.5, 0.6) is 11.6 Å². The Morgan fingerprint density at radius 3 is 2.56 bits per heavy atom. The molecule has 4 rings (SSSR count). The summed E-state index contributed by atoms with van der Waals surface area (Å²) in [5.74, 6) is -0.0425. The molecular weight excluding hydrogens is 426 g/mol. The molecule has 1 heterocycles. The molecule has 0 unspecified atom stereocenters. The first kappa shape index (κ1) is 21.6. The Morgan fingerprint density at radius 2 is 1.78 bits per heavy atom. The number of halogens is 1. The Hall–Kier alpha value is -3.64. The van der Waals surface area contributed by atoms with E-state index < -0.39 is 5.91 Å². The molecule has 3 aromatic carbocycles. The minimum atomic E-state index is -0.550. The Labute approximate surface area is 190 Å². The quantitative estimate of drug-likeness (QED) is 0.349. The second-order valence-electron chi connectivity index (χ2n) is 7.50. The molecule has 162 valence electrons. The van der Waals surface area contributed by atoms with E-state index >= 15 is 0 Å². The standard InChI is InChI=1S/C25H22ClN3O3/c1-16-11-12-19(13-17(16)2)32-15-23(30)27-28-24-20-8-4-6-10-22(20)29(25(24)31)14-18-7-3-5-9-21(18)26/h3-13,31H,14-15H2,1-2H3. The summed E-state index contributed by atoms with van der Waals surface area (Å²) in [5, 5.41) is 20.0. The van der Waals surface area contributed by atoms with Crippen molar-refractivity contribution >= 4 is 34.1 Å². The molecular formula is C25H22ClN3O3. The van der Waals surface area contributed by atoms with Crippen LogP contribution in [0.4, 0.5) is 5.69 Å². The fourth-order valence-electron chi connectivity index (χ4n) is 3.41. The van der Waals surface area contributed by atoms with E-state index in [0.29, 0.717) is 22.7 Å². The predicted molar refractivity (Wildman–Crippen MR) is 125 cm³/mol. The van der Waals surface area contributed by atoms with Gasteiger partial charge < -0.3 is 14.4 Å². The topological polar surface area (TPSA) is 76.2 Å². The number of aryl methyl sites for hydroxylation is 2. The highest BCUT2D eigenvalue weighted by atomic mass is 35.5. The fourth-order valence-corrected chi connectivity index (χ4v) is 3.61. The number of aromatic hydroxyl groups is 1. The number of ether oxygens (including phenoxy) is 1. The summed E-state index contributed by atoms with van der Waals surface area (Å²) in [6.45, 7) is 4.09. The molecule has 7 heteroatoms. The third kappa shape index (κ3) is 4.50. The molecule has 0 radical (unpaired) electrons. The number of aromatic nitrogens is 1.